The zero-order valence-corrected chi connectivity index (χ0v) is 10.5. The van der Waals surface area contributed by atoms with Crippen molar-refractivity contribution in [1.82, 2.24) is 24.7 Å². The number of nitrogens with zero attached hydrogens (tertiary/aromatic N) is 4. The standard InChI is InChI=1S/C12H14N6/c1-6-10(7(2)18(3)17-6)12-14-8-4-5-9(13)15-11(8)16-12/h4-5H,1-3H3,(H3,13,14,15,16). The van der Waals surface area contributed by atoms with Gasteiger partial charge >= 0.3 is 0 Å². The van der Waals surface area contributed by atoms with Crippen LogP contribution in [0.15, 0.2) is 12.1 Å². The minimum Gasteiger partial charge on any atom is -0.384 e. The number of aromatic amines is 1. The summed E-state index contributed by atoms with van der Waals surface area (Å²) >= 11 is 0. The number of aryl methyl sites for hydroxylation is 2. The minimum atomic E-state index is 0.472. The second-order valence-electron chi connectivity index (χ2n) is 4.36. The topological polar surface area (TPSA) is 85.4 Å². The molecule has 3 heterocycles. The number of rotatable bonds is 1. The van der Waals surface area contributed by atoms with E-state index in [9.17, 15) is 0 Å². The molecule has 3 N–H and O–H groups in total. The zero-order valence-electron chi connectivity index (χ0n) is 10.5. The molecule has 0 aliphatic carbocycles. The van der Waals surface area contributed by atoms with E-state index in [1.165, 1.54) is 0 Å². The fraction of sp³-hybridized carbons (Fsp3) is 0.250. The van der Waals surface area contributed by atoms with E-state index in [1.54, 1.807) is 6.07 Å². The van der Waals surface area contributed by atoms with Crippen molar-refractivity contribution in [2.45, 2.75) is 13.8 Å². The Labute approximate surface area is 104 Å². The third kappa shape index (κ3) is 1.46. The van der Waals surface area contributed by atoms with Gasteiger partial charge in [-0.1, -0.05) is 0 Å². The minimum absolute atomic E-state index is 0.472. The Kier molecular flexibility index (Phi) is 2.13. The summed E-state index contributed by atoms with van der Waals surface area (Å²) < 4.78 is 1.85. The van der Waals surface area contributed by atoms with Gasteiger partial charge in [0.25, 0.3) is 0 Å². The van der Waals surface area contributed by atoms with Crippen molar-refractivity contribution in [2.24, 2.45) is 7.05 Å². The Morgan fingerprint density at radius 2 is 2.00 bits per heavy atom. The predicted molar refractivity (Wildman–Crippen MR) is 70.0 cm³/mol. The van der Waals surface area contributed by atoms with Gasteiger partial charge in [-0.15, -0.1) is 0 Å². The number of pyridine rings is 1. The van der Waals surface area contributed by atoms with E-state index in [2.05, 4.69) is 20.1 Å². The molecule has 3 aromatic heterocycles. The number of nitrogens with one attached hydrogen (secondary N) is 1. The first kappa shape index (κ1) is 10.8. The third-order valence-electron chi connectivity index (χ3n) is 3.11. The molecule has 0 aromatic carbocycles. The van der Waals surface area contributed by atoms with Crippen LogP contribution in [0.2, 0.25) is 0 Å². The molecule has 0 unspecified atom stereocenters. The van der Waals surface area contributed by atoms with Gasteiger partial charge in [-0.2, -0.15) is 5.10 Å². The van der Waals surface area contributed by atoms with Crippen LogP contribution in [0.4, 0.5) is 5.82 Å². The number of nitrogens with two attached hydrogens (primary N) is 1. The van der Waals surface area contributed by atoms with E-state index in [0.717, 1.165) is 28.3 Å². The zero-order chi connectivity index (χ0) is 12.9. The summed E-state index contributed by atoms with van der Waals surface area (Å²) in [7, 11) is 1.92. The summed E-state index contributed by atoms with van der Waals surface area (Å²) in [5.41, 5.74) is 10.2. The van der Waals surface area contributed by atoms with Crippen molar-refractivity contribution in [3.63, 3.8) is 0 Å². The molecule has 0 bridgehead atoms. The lowest BCUT2D eigenvalue weighted by Crippen LogP contribution is -1.93. The average Bonchev–Trinajstić information content (AvgIpc) is 2.80. The number of hydrogen-bond donors (Lipinski definition) is 2. The molecule has 92 valence electrons. The molecule has 0 spiro atoms. The number of H-pyrrole nitrogens is 1. The van der Waals surface area contributed by atoms with Gasteiger partial charge < -0.3 is 10.7 Å². The average molecular weight is 242 g/mol. The number of imidazole rings is 1. The van der Waals surface area contributed by atoms with Gasteiger partial charge in [0, 0.05) is 12.7 Å². The molecular formula is C12H14N6. The normalized spacial score (nSPS) is 11.3. The second-order valence-corrected chi connectivity index (χ2v) is 4.36. The molecule has 0 fully saturated rings. The number of aromatic nitrogens is 5. The molecule has 0 saturated carbocycles. The monoisotopic (exact) mass is 242 g/mol. The maximum Gasteiger partial charge on any atom is 0.180 e. The summed E-state index contributed by atoms with van der Waals surface area (Å²) in [4.78, 5) is 11.9. The first-order valence-electron chi connectivity index (χ1n) is 5.69. The van der Waals surface area contributed by atoms with Crippen LogP contribution in [0.25, 0.3) is 22.6 Å². The third-order valence-corrected chi connectivity index (χ3v) is 3.11. The number of fused-ring (bicyclic) bond motifs is 1. The molecule has 18 heavy (non-hydrogen) atoms. The predicted octanol–water partition coefficient (Wildman–Crippen LogP) is 1.56. The maximum absolute atomic E-state index is 5.65. The fourth-order valence-electron chi connectivity index (χ4n) is 2.14. The summed E-state index contributed by atoms with van der Waals surface area (Å²) in [5, 5.41) is 4.39. The van der Waals surface area contributed by atoms with Gasteiger partial charge in [0.2, 0.25) is 0 Å². The Morgan fingerprint density at radius 1 is 1.22 bits per heavy atom. The highest BCUT2D eigenvalue weighted by Crippen LogP contribution is 2.25. The SMILES string of the molecule is Cc1nn(C)c(C)c1-c1nc2nc(N)ccc2[nH]1. The molecule has 0 aliphatic rings. The van der Waals surface area contributed by atoms with Gasteiger partial charge in [0.05, 0.1) is 16.8 Å². The molecular weight excluding hydrogens is 228 g/mol. The van der Waals surface area contributed by atoms with Crippen LogP contribution in [0, 0.1) is 13.8 Å². The first-order chi connectivity index (χ1) is 8.56. The molecule has 0 saturated heterocycles. The second kappa shape index (κ2) is 3.56. The van der Waals surface area contributed by atoms with Gasteiger partial charge in [-0.25, -0.2) is 9.97 Å². The first-order valence-corrected chi connectivity index (χ1v) is 5.69. The van der Waals surface area contributed by atoms with Crippen LogP contribution in [0.3, 0.4) is 0 Å². The molecule has 6 nitrogen and oxygen atoms in total. The maximum atomic E-state index is 5.65. The highest BCUT2D eigenvalue weighted by Gasteiger charge is 2.15. The summed E-state index contributed by atoms with van der Waals surface area (Å²) in [6.45, 7) is 3.99. The van der Waals surface area contributed by atoms with Crippen molar-refractivity contribution < 1.29 is 0 Å². The molecule has 3 rings (SSSR count). The Balaban J connectivity index is 2.25. The van der Waals surface area contributed by atoms with Gasteiger partial charge in [0.1, 0.15) is 11.6 Å². The molecule has 0 aliphatic heterocycles. The van der Waals surface area contributed by atoms with E-state index in [4.69, 9.17) is 5.73 Å². The number of hydrogen-bond acceptors (Lipinski definition) is 4. The molecule has 0 radical (unpaired) electrons. The van der Waals surface area contributed by atoms with Crippen LogP contribution >= 0.6 is 0 Å². The van der Waals surface area contributed by atoms with Crippen molar-refractivity contribution in [2.75, 3.05) is 5.73 Å². The highest BCUT2D eigenvalue weighted by molar-refractivity contribution is 5.78. The number of nitrogen functional groups attached to an aromatic ring is 1. The van der Waals surface area contributed by atoms with Gasteiger partial charge in [0.15, 0.2) is 5.65 Å². The fourth-order valence-corrected chi connectivity index (χ4v) is 2.14. The number of anilines is 1. The highest BCUT2D eigenvalue weighted by atomic mass is 15.3. The van der Waals surface area contributed by atoms with Crippen LogP contribution in [-0.4, -0.2) is 24.7 Å². The largest absolute Gasteiger partial charge is 0.384 e. The molecule has 6 heteroatoms. The van der Waals surface area contributed by atoms with Crippen LogP contribution < -0.4 is 5.73 Å². The lowest BCUT2D eigenvalue weighted by molar-refractivity contribution is 0.731. The molecule has 0 atom stereocenters. The smallest absolute Gasteiger partial charge is 0.180 e. The molecule has 0 amide bonds. The van der Waals surface area contributed by atoms with Crippen LogP contribution in [-0.2, 0) is 7.05 Å². The Bertz CT molecular complexity index is 736. The van der Waals surface area contributed by atoms with Gasteiger partial charge in [-0.05, 0) is 26.0 Å². The van der Waals surface area contributed by atoms with E-state index in [1.807, 2.05) is 31.6 Å². The Hall–Kier alpha value is -2.37. The summed E-state index contributed by atoms with van der Waals surface area (Å²) in [6.07, 6.45) is 0. The Morgan fingerprint density at radius 3 is 2.67 bits per heavy atom. The van der Waals surface area contributed by atoms with E-state index >= 15 is 0 Å². The van der Waals surface area contributed by atoms with E-state index in [0.29, 0.717) is 11.5 Å². The van der Waals surface area contributed by atoms with E-state index < -0.39 is 0 Å². The van der Waals surface area contributed by atoms with Crippen LogP contribution in [0.1, 0.15) is 11.4 Å². The lowest BCUT2D eigenvalue weighted by atomic mass is 10.2. The quantitative estimate of drug-likeness (QED) is 0.678. The van der Waals surface area contributed by atoms with Gasteiger partial charge in [-0.3, -0.25) is 4.68 Å². The van der Waals surface area contributed by atoms with Crippen molar-refractivity contribution >= 4 is 17.0 Å². The summed E-state index contributed by atoms with van der Waals surface area (Å²) in [5.74, 6) is 1.26. The van der Waals surface area contributed by atoms with Crippen molar-refractivity contribution in [3.05, 3.63) is 23.5 Å². The summed E-state index contributed by atoms with van der Waals surface area (Å²) in [6, 6.07) is 3.64. The lowest BCUT2D eigenvalue weighted by Gasteiger charge is -1.96. The van der Waals surface area contributed by atoms with Crippen molar-refractivity contribution in [3.8, 4) is 11.4 Å². The van der Waals surface area contributed by atoms with Crippen molar-refractivity contribution in [1.29, 1.82) is 0 Å². The van der Waals surface area contributed by atoms with E-state index in [-0.39, 0.29) is 0 Å². The molecule has 3 aromatic rings. The van der Waals surface area contributed by atoms with Crippen LogP contribution in [0.5, 0.6) is 0 Å².